The highest BCUT2D eigenvalue weighted by Crippen LogP contribution is 2.23. The van der Waals surface area contributed by atoms with E-state index >= 15 is 0 Å². The minimum Gasteiger partial charge on any atom is -0.473 e. The minimum absolute atomic E-state index is 0.0273. The van der Waals surface area contributed by atoms with Crippen LogP contribution in [-0.2, 0) is 4.74 Å². The third kappa shape index (κ3) is 4.42. The number of nitrogens with two attached hydrogens (primary N) is 1. The first-order valence-electron chi connectivity index (χ1n) is 9.86. The van der Waals surface area contributed by atoms with Crippen LogP contribution in [-0.4, -0.2) is 60.4 Å². The third-order valence-electron chi connectivity index (χ3n) is 4.69. The molecular weight excluding hydrogens is 386 g/mol. The average Bonchev–Trinajstić information content (AvgIpc) is 3.11. The van der Waals surface area contributed by atoms with Gasteiger partial charge in [0.15, 0.2) is 5.65 Å². The van der Waals surface area contributed by atoms with Gasteiger partial charge in [0.25, 0.3) is 0 Å². The Kier molecular flexibility index (Phi) is 5.15. The molecule has 1 amide bonds. The summed E-state index contributed by atoms with van der Waals surface area (Å²) < 4.78 is 13.2. The maximum absolute atomic E-state index is 12.2. The Balaban J connectivity index is 1.43. The zero-order valence-corrected chi connectivity index (χ0v) is 17.3. The summed E-state index contributed by atoms with van der Waals surface area (Å²) in [6.07, 6.45) is 6.08. The predicted octanol–water partition coefficient (Wildman–Crippen LogP) is 2.55. The van der Waals surface area contributed by atoms with Gasteiger partial charge in [0.2, 0.25) is 11.8 Å². The number of ether oxygens (including phenoxy) is 2. The van der Waals surface area contributed by atoms with Gasteiger partial charge in [-0.1, -0.05) is 0 Å². The number of fused-ring (bicyclic) bond motifs is 1. The first-order chi connectivity index (χ1) is 14.3. The van der Waals surface area contributed by atoms with Gasteiger partial charge in [-0.2, -0.15) is 0 Å². The smallest absolute Gasteiger partial charge is 0.410 e. The number of likely N-dealkylation sites (tertiary alicyclic amines) is 1. The van der Waals surface area contributed by atoms with E-state index in [9.17, 15) is 4.79 Å². The SMILES string of the molecule is CC(C)(C)OC(=O)N1CCC(Oc2ccc3ncc(-c4cnc(N)nc4)n3n2)CC1. The van der Waals surface area contributed by atoms with E-state index in [2.05, 4.69) is 20.1 Å². The molecule has 0 unspecified atom stereocenters. The van der Waals surface area contributed by atoms with E-state index in [1.54, 1.807) is 34.1 Å². The van der Waals surface area contributed by atoms with E-state index in [0.29, 0.717) is 37.5 Å². The molecular formula is C20H25N7O3. The van der Waals surface area contributed by atoms with Crippen LogP contribution in [0, 0.1) is 0 Å². The van der Waals surface area contributed by atoms with Gasteiger partial charge in [0.05, 0.1) is 11.9 Å². The molecule has 0 saturated carbocycles. The molecule has 3 aromatic heterocycles. The van der Waals surface area contributed by atoms with Crippen LogP contribution in [0.15, 0.2) is 30.7 Å². The molecule has 0 aliphatic carbocycles. The lowest BCUT2D eigenvalue weighted by molar-refractivity contribution is 0.0122. The van der Waals surface area contributed by atoms with Crippen LogP contribution in [0.3, 0.4) is 0 Å². The highest BCUT2D eigenvalue weighted by molar-refractivity contribution is 5.68. The molecule has 1 fully saturated rings. The molecule has 10 heteroatoms. The number of carbonyl (C=O) groups is 1. The molecule has 1 aliphatic rings. The lowest BCUT2D eigenvalue weighted by Gasteiger charge is -2.33. The van der Waals surface area contributed by atoms with Crippen molar-refractivity contribution in [1.29, 1.82) is 0 Å². The fourth-order valence-corrected chi connectivity index (χ4v) is 3.24. The van der Waals surface area contributed by atoms with E-state index in [0.717, 1.165) is 11.3 Å². The van der Waals surface area contributed by atoms with Gasteiger partial charge in [0.1, 0.15) is 11.7 Å². The van der Waals surface area contributed by atoms with Crippen LogP contribution in [0.5, 0.6) is 5.88 Å². The highest BCUT2D eigenvalue weighted by atomic mass is 16.6. The maximum atomic E-state index is 12.2. The minimum atomic E-state index is -0.498. The molecule has 4 rings (SSSR count). The number of imidazole rings is 1. The monoisotopic (exact) mass is 411 g/mol. The molecule has 0 atom stereocenters. The average molecular weight is 411 g/mol. The number of carbonyl (C=O) groups excluding carboxylic acids is 1. The van der Waals surface area contributed by atoms with E-state index < -0.39 is 5.60 Å². The molecule has 0 spiro atoms. The number of anilines is 1. The van der Waals surface area contributed by atoms with E-state index in [-0.39, 0.29) is 18.1 Å². The van der Waals surface area contributed by atoms with Crippen LogP contribution in [0.25, 0.3) is 16.9 Å². The number of hydrogen-bond donors (Lipinski definition) is 1. The number of nitrogens with zero attached hydrogens (tertiary/aromatic N) is 6. The van der Waals surface area contributed by atoms with Gasteiger partial charge in [-0.3, -0.25) is 0 Å². The Morgan fingerprint density at radius 2 is 1.80 bits per heavy atom. The lowest BCUT2D eigenvalue weighted by Crippen LogP contribution is -2.44. The van der Waals surface area contributed by atoms with Crippen molar-refractivity contribution >= 4 is 17.7 Å². The standard InChI is InChI=1S/C20H25N7O3/c1-20(2,3)30-19(28)26-8-6-14(7-9-26)29-17-5-4-16-22-12-15(27(16)25-17)13-10-23-18(21)24-11-13/h4-5,10-12,14H,6-9H2,1-3H3,(H2,21,23,24). The normalized spacial score (nSPS) is 15.4. The second kappa shape index (κ2) is 7.77. The largest absolute Gasteiger partial charge is 0.473 e. The number of piperidine rings is 1. The number of hydrogen-bond acceptors (Lipinski definition) is 8. The van der Waals surface area contributed by atoms with Crippen molar-refractivity contribution in [3.63, 3.8) is 0 Å². The first kappa shape index (κ1) is 19.9. The van der Waals surface area contributed by atoms with Crippen LogP contribution in [0.4, 0.5) is 10.7 Å². The molecule has 3 aromatic rings. The summed E-state index contributed by atoms with van der Waals surface area (Å²) in [4.78, 5) is 26.3. The summed E-state index contributed by atoms with van der Waals surface area (Å²) in [5.74, 6) is 0.705. The van der Waals surface area contributed by atoms with Crippen molar-refractivity contribution in [2.45, 2.75) is 45.3 Å². The molecule has 0 bridgehead atoms. The second-order valence-electron chi connectivity index (χ2n) is 8.20. The van der Waals surface area contributed by atoms with E-state index in [1.807, 2.05) is 26.8 Å². The van der Waals surface area contributed by atoms with Gasteiger partial charge in [-0.25, -0.2) is 24.3 Å². The zero-order valence-electron chi connectivity index (χ0n) is 17.3. The summed E-state index contributed by atoms with van der Waals surface area (Å²) in [7, 11) is 0. The van der Waals surface area contributed by atoms with Crippen molar-refractivity contribution in [2.75, 3.05) is 18.8 Å². The van der Waals surface area contributed by atoms with Gasteiger partial charge < -0.3 is 20.1 Å². The summed E-state index contributed by atoms with van der Waals surface area (Å²) in [6.45, 7) is 6.76. The Morgan fingerprint density at radius 3 is 2.47 bits per heavy atom. The van der Waals surface area contributed by atoms with Crippen LogP contribution in [0.1, 0.15) is 33.6 Å². The maximum Gasteiger partial charge on any atom is 0.410 e. The number of amides is 1. The Labute approximate surface area is 174 Å². The number of aromatic nitrogens is 5. The Hall–Kier alpha value is -3.43. The highest BCUT2D eigenvalue weighted by Gasteiger charge is 2.28. The molecule has 30 heavy (non-hydrogen) atoms. The van der Waals surface area contributed by atoms with Gasteiger partial charge >= 0.3 is 6.09 Å². The molecule has 1 saturated heterocycles. The molecule has 4 heterocycles. The quantitative estimate of drug-likeness (QED) is 0.698. The Morgan fingerprint density at radius 1 is 1.10 bits per heavy atom. The van der Waals surface area contributed by atoms with Crippen LogP contribution >= 0.6 is 0 Å². The van der Waals surface area contributed by atoms with Crippen molar-refractivity contribution in [2.24, 2.45) is 0 Å². The van der Waals surface area contributed by atoms with Gasteiger partial charge in [0, 0.05) is 50.0 Å². The molecule has 158 valence electrons. The molecule has 2 N–H and O–H groups in total. The summed E-state index contributed by atoms with van der Waals surface area (Å²) in [6, 6.07) is 3.64. The van der Waals surface area contributed by atoms with Crippen molar-refractivity contribution < 1.29 is 14.3 Å². The first-order valence-corrected chi connectivity index (χ1v) is 9.86. The van der Waals surface area contributed by atoms with Gasteiger partial charge in [-0.05, 0) is 26.8 Å². The lowest BCUT2D eigenvalue weighted by atomic mass is 10.1. The second-order valence-corrected chi connectivity index (χ2v) is 8.20. The summed E-state index contributed by atoms with van der Waals surface area (Å²) >= 11 is 0. The van der Waals surface area contributed by atoms with E-state index in [1.165, 1.54) is 0 Å². The number of rotatable bonds is 3. The van der Waals surface area contributed by atoms with Crippen LogP contribution in [0.2, 0.25) is 0 Å². The summed E-state index contributed by atoms with van der Waals surface area (Å²) in [5.41, 5.74) is 7.26. The molecule has 10 nitrogen and oxygen atoms in total. The fourth-order valence-electron chi connectivity index (χ4n) is 3.24. The van der Waals surface area contributed by atoms with Gasteiger partial charge in [-0.15, -0.1) is 5.10 Å². The van der Waals surface area contributed by atoms with Crippen molar-refractivity contribution in [1.82, 2.24) is 29.5 Å². The molecule has 0 radical (unpaired) electrons. The third-order valence-corrected chi connectivity index (χ3v) is 4.69. The Bertz CT molecular complexity index is 1030. The fraction of sp³-hybridized carbons (Fsp3) is 0.450. The summed E-state index contributed by atoms with van der Waals surface area (Å²) in [5, 5.41) is 4.57. The number of nitrogen functional groups attached to an aromatic ring is 1. The molecule has 0 aromatic carbocycles. The van der Waals surface area contributed by atoms with Crippen LogP contribution < -0.4 is 10.5 Å². The van der Waals surface area contributed by atoms with Crippen molar-refractivity contribution in [3.05, 3.63) is 30.7 Å². The molecule has 1 aliphatic heterocycles. The van der Waals surface area contributed by atoms with Crippen molar-refractivity contribution in [3.8, 4) is 17.1 Å². The zero-order chi connectivity index (χ0) is 21.3. The predicted molar refractivity (Wildman–Crippen MR) is 110 cm³/mol. The van der Waals surface area contributed by atoms with E-state index in [4.69, 9.17) is 15.2 Å². The topological polar surface area (TPSA) is 121 Å².